The monoisotopic (exact) mass is 342 g/mol. The van der Waals surface area contributed by atoms with Gasteiger partial charge in [-0.05, 0) is 29.9 Å². The number of nitrogens with zero attached hydrogens (tertiary/aromatic N) is 1. The van der Waals surface area contributed by atoms with Gasteiger partial charge in [0.1, 0.15) is 0 Å². The zero-order valence-corrected chi connectivity index (χ0v) is 13.2. The van der Waals surface area contributed by atoms with E-state index >= 15 is 0 Å². The number of thiocarbonyl (C=S) groups is 1. The molecule has 0 heterocycles. The van der Waals surface area contributed by atoms with Crippen LogP contribution in [0.3, 0.4) is 0 Å². The largest absolute Gasteiger partial charge is 0.478 e. The van der Waals surface area contributed by atoms with Gasteiger partial charge in [-0.15, -0.1) is 0 Å². The van der Waals surface area contributed by atoms with Crippen LogP contribution in [-0.2, 0) is 0 Å². The molecule has 2 aromatic carbocycles. The summed E-state index contributed by atoms with van der Waals surface area (Å²) < 4.78 is 0. The van der Waals surface area contributed by atoms with Crippen LogP contribution in [0.25, 0.3) is 0 Å². The second kappa shape index (κ2) is 8.39. The van der Waals surface area contributed by atoms with E-state index in [2.05, 4.69) is 21.4 Å². The highest BCUT2D eigenvalue weighted by Gasteiger charge is 2.15. The van der Waals surface area contributed by atoms with Crippen LogP contribution >= 0.6 is 12.2 Å². The average molecular weight is 342 g/mol. The highest BCUT2D eigenvalue weighted by atomic mass is 32.1. The summed E-state index contributed by atoms with van der Waals surface area (Å²) >= 11 is 4.96. The van der Waals surface area contributed by atoms with Crippen LogP contribution in [0.1, 0.15) is 26.3 Å². The molecule has 0 bridgehead atoms. The molecule has 0 spiro atoms. The zero-order valence-electron chi connectivity index (χ0n) is 12.4. The molecule has 2 rings (SSSR count). The quantitative estimate of drug-likeness (QED) is 0.382. The van der Waals surface area contributed by atoms with Gasteiger partial charge in [0, 0.05) is 0 Å². The van der Waals surface area contributed by atoms with E-state index < -0.39 is 11.9 Å². The molecule has 0 saturated heterocycles. The van der Waals surface area contributed by atoms with Crippen molar-refractivity contribution in [3.63, 3.8) is 0 Å². The minimum Gasteiger partial charge on any atom is -0.478 e. The predicted molar refractivity (Wildman–Crippen MR) is 93.8 cm³/mol. The summed E-state index contributed by atoms with van der Waals surface area (Å²) in [4.78, 5) is 23.1. The molecular weight excluding hydrogens is 328 g/mol. The smallest absolute Gasteiger partial charge is 0.336 e. The Morgan fingerprint density at radius 3 is 2.25 bits per heavy atom. The molecule has 122 valence electrons. The van der Waals surface area contributed by atoms with E-state index in [0.717, 1.165) is 5.56 Å². The molecule has 0 fully saturated rings. The molecular formula is C16H14N4O3S. The third-order valence-corrected chi connectivity index (χ3v) is 3.06. The van der Waals surface area contributed by atoms with Crippen LogP contribution < -0.4 is 16.3 Å². The van der Waals surface area contributed by atoms with Crippen molar-refractivity contribution >= 4 is 35.4 Å². The Labute approximate surface area is 143 Å². The third-order valence-electron chi connectivity index (χ3n) is 2.87. The molecule has 0 saturated carbocycles. The number of hydrogen-bond donors (Lipinski definition) is 4. The number of rotatable bonds is 4. The number of nitrogens with one attached hydrogen (secondary N) is 3. The van der Waals surface area contributed by atoms with Gasteiger partial charge in [-0.2, -0.15) is 5.10 Å². The first-order chi connectivity index (χ1) is 11.6. The van der Waals surface area contributed by atoms with Gasteiger partial charge in [0.2, 0.25) is 5.11 Å². The number of aromatic carboxylic acids is 1. The maximum absolute atomic E-state index is 12.0. The lowest BCUT2D eigenvalue weighted by Crippen LogP contribution is -2.45. The molecule has 0 aliphatic carbocycles. The minimum absolute atomic E-state index is 0.0214. The number of hydrazone groups is 1. The molecule has 0 atom stereocenters. The number of benzene rings is 2. The number of carboxylic acid groups (broad SMARTS) is 1. The minimum atomic E-state index is -1.19. The van der Waals surface area contributed by atoms with E-state index in [4.69, 9.17) is 17.3 Å². The maximum atomic E-state index is 12.0. The first-order valence-electron chi connectivity index (χ1n) is 6.84. The van der Waals surface area contributed by atoms with E-state index in [1.165, 1.54) is 18.2 Å². The number of carboxylic acids is 1. The van der Waals surface area contributed by atoms with Gasteiger partial charge in [-0.25, -0.2) is 4.79 Å². The van der Waals surface area contributed by atoms with Crippen LogP contribution in [0.4, 0.5) is 0 Å². The van der Waals surface area contributed by atoms with Gasteiger partial charge in [0.05, 0.1) is 17.3 Å². The molecule has 0 unspecified atom stereocenters. The molecule has 2 aromatic rings. The Hall–Kier alpha value is -3.26. The highest BCUT2D eigenvalue weighted by molar-refractivity contribution is 7.80. The summed E-state index contributed by atoms with van der Waals surface area (Å²) in [6.45, 7) is 0. The Morgan fingerprint density at radius 1 is 0.958 bits per heavy atom. The van der Waals surface area contributed by atoms with Crippen LogP contribution in [-0.4, -0.2) is 28.3 Å². The highest BCUT2D eigenvalue weighted by Crippen LogP contribution is 2.08. The van der Waals surface area contributed by atoms with Crippen LogP contribution in [0.2, 0.25) is 0 Å². The average Bonchev–Trinajstić information content (AvgIpc) is 2.60. The van der Waals surface area contributed by atoms with Crippen LogP contribution in [0, 0.1) is 0 Å². The Kier molecular flexibility index (Phi) is 5.98. The lowest BCUT2D eigenvalue weighted by atomic mass is 10.1. The normalized spacial score (nSPS) is 10.2. The van der Waals surface area contributed by atoms with Crippen LogP contribution in [0.15, 0.2) is 59.7 Å². The molecule has 0 radical (unpaired) electrons. The van der Waals surface area contributed by atoms with Gasteiger partial charge < -0.3 is 5.11 Å². The van der Waals surface area contributed by atoms with Gasteiger partial charge >= 0.3 is 5.97 Å². The fraction of sp³-hybridized carbons (Fsp3) is 0. The first kappa shape index (κ1) is 17.1. The van der Waals surface area contributed by atoms with Crippen molar-refractivity contribution in [2.24, 2.45) is 5.10 Å². The summed E-state index contributed by atoms with van der Waals surface area (Å²) in [5, 5.41) is 13.0. The van der Waals surface area contributed by atoms with Crippen molar-refractivity contribution in [3.8, 4) is 0 Å². The van der Waals surface area contributed by atoms with Crippen molar-refractivity contribution in [2.45, 2.75) is 0 Å². The fourth-order valence-corrected chi connectivity index (χ4v) is 1.88. The van der Waals surface area contributed by atoms with E-state index in [-0.39, 0.29) is 16.2 Å². The number of carbonyl (C=O) groups is 2. The van der Waals surface area contributed by atoms with Gasteiger partial charge in [-0.3, -0.25) is 21.1 Å². The van der Waals surface area contributed by atoms with Crippen molar-refractivity contribution in [2.75, 3.05) is 0 Å². The maximum Gasteiger partial charge on any atom is 0.336 e. The molecule has 0 aromatic heterocycles. The SMILES string of the molecule is O=C(O)c1ccccc1C(=O)NNC(=S)N/N=C/c1ccccc1. The fourth-order valence-electron chi connectivity index (χ4n) is 1.78. The van der Waals surface area contributed by atoms with Gasteiger partial charge in [-0.1, -0.05) is 42.5 Å². The Morgan fingerprint density at radius 2 is 1.58 bits per heavy atom. The topological polar surface area (TPSA) is 103 Å². The van der Waals surface area contributed by atoms with E-state index in [1.807, 2.05) is 30.3 Å². The Bertz CT molecular complexity index is 778. The van der Waals surface area contributed by atoms with E-state index in [9.17, 15) is 9.59 Å². The third kappa shape index (κ3) is 4.89. The van der Waals surface area contributed by atoms with E-state index in [0.29, 0.717) is 0 Å². The van der Waals surface area contributed by atoms with Crippen LogP contribution in [0.5, 0.6) is 0 Å². The molecule has 8 heteroatoms. The van der Waals surface area contributed by atoms with E-state index in [1.54, 1.807) is 12.3 Å². The lowest BCUT2D eigenvalue weighted by molar-refractivity contribution is 0.0690. The predicted octanol–water partition coefficient (Wildman–Crippen LogP) is 1.53. The summed E-state index contributed by atoms with van der Waals surface area (Å²) in [5.74, 6) is -1.81. The number of hydrogen-bond acceptors (Lipinski definition) is 4. The molecule has 0 aliphatic rings. The molecule has 4 N–H and O–H groups in total. The summed E-state index contributed by atoms with van der Waals surface area (Å²) in [6, 6.07) is 15.2. The van der Waals surface area contributed by atoms with Crippen molar-refractivity contribution in [1.29, 1.82) is 0 Å². The van der Waals surface area contributed by atoms with Gasteiger partial charge in [0.25, 0.3) is 5.91 Å². The second-order valence-electron chi connectivity index (χ2n) is 4.54. The van der Waals surface area contributed by atoms with Crippen molar-refractivity contribution < 1.29 is 14.7 Å². The molecule has 0 aliphatic heterocycles. The zero-order chi connectivity index (χ0) is 17.4. The number of hydrazine groups is 1. The number of carbonyl (C=O) groups excluding carboxylic acids is 1. The second-order valence-corrected chi connectivity index (χ2v) is 4.95. The Balaban J connectivity index is 1.87. The first-order valence-corrected chi connectivity index (χ1v) is 7.25. The van der Waals surface area contributed by atoms with Crippen molar-refractivity contribution in [1.82, 2.24) is 16.3 Å². The standard InChI is InChI=1S/C16H14N4O3S/c21-14(12-8-4-5-9-13(12)15(22)23)18-20-16(24)19-17-10-11-6-2-1-3-7-11/h1-10H,(H,18,21)(H,22,23)(H2,19,20,24)/b17-10+. The van der Waals surface area contributed by atoms with Gasteiger partial charge in [0.15, 0.2) is 0 Å². The van der Waals surface area contributed by atoms with Crippen molar-refractivity contribution in [3.05, 3.63) is 71.3 Å². The molecule has 7 nitrogen and oxygen atoms in total. The summed E-state index contributed by atoms with van der Waals surface area (Å²) in [5.41, 5.74) is 8.10. The molecule has 24 heavy (non-hydrogen) atoms. The lowest BCUT2D eigenvalue weighted by Gasteiger charge is -2.10. The summed E-state index contributed by atoms with van der Waals surface area (Å²) in [7, 11) is 0. The summed E-state index contributed by atoms with van der Waals surface area (Å²) in [6.07, 6.45) is 1.57. The number of amides is 1. The molecule has 1 amide bonds.